The van der Waals surface area contributed by atoms with Crippen LogP contribution >= 0.6 is 0 Å². The minimum Gasteiger partial charge on any atom is -1.00 e. The minimum atomic E-state index is -0.0509. The molecule has 1 N–H and O–H groups in total. The van der Waals surface area contributed by atoms with Crippen LogP contribution in [-0.2, 0) is 0 Å². The van der Waals surface area contributed by atoms with Gasteiger partial charge in [-0.25, -0.2) is 0 Å². The fourth-order valence-electron chi connectivity index (χ4n) is 2.00. The van der Waals surface area contributed by atoms with Crippen LogP contribution in [0.3, 0.4) is 0 Å². The summed E-state index contributed by atoms with van der Waals surface area (Å²) < 4.78 is 5.70. The number of benzene rings is 2. The first-order chi connectivity index (χ1) is 10.6. The quantitative estimate of drug-likeness (QED) is 0.734. The number of carbonyl (C=O) groups excluding carboxylic acids is 1. The Bertz CT molecular complexity index is 586. The Balaban J connectivity index is 0.00000264. The Labute approximate surface area is 143 Å². The van der Waals surface area contributed by atoms with E-state index in [0.717, 1.165) is 24.5 Å². The first-order valence-electron chi connectivity index (χ1n) is 7.41. The van der Waals surface area contributed by atoms with E-state index in [9.17, 15) is 4.79 Å². The van der Waals surface area contributed by atoms with Gasteiger partial charge < -0.3 is 27.4 Å². The Morgan fingerprint density at radius 2 is 1.61 bits per heavy atom. The molecule has 0 radical (unpaired) electrons. The van der Waals surface area contributed by atoms with Crippen molar-refractivity contribution in [1.29, 1.82) is 0 Å². The molecule has 0 heterocycles. The summed E-state index contributed by atoms with van der Waals surface area (Å²) >= 11 is 0. The standard InChI is InChI=1S/C18H22N2O2.ClH/c1-20(2)14-6-13-19-18(21)15-9-11-17(12-10-15)22-16-7-4-3-5-8-16;/h3-5,7-12H,6,13-14H2,1-2H3,(H,19,21);1H/p-1. The van der Waals surface area contributed by atoms with Crippen LogP contribution in [0, 0.1) is 0 Å². The van der Waals surface area contributed by atoms with E-state index >= 15 is 0 Å². The highest BCUT2D eigenvalue weighted by Crippen LogP contribution is 2.21. The van der Waals surface area contributed by atoms with Crippen LogP contribution in [-0.4, -0.2) is 38.0 Å². The van der Waals surface area contributed by atoms with Crippen molar-refractivity contribution in [3.63, 3.8) is 0 Å². The molecule has 0 atom stereocenters. The van der Waals surface area contributed by atoms with Crippen molar-refractivity contribution < 1.29 is 21.9 Å². The average molecular weight is 334 g/mol. The van der Waals surface area contributed by atoms with Crippen molar-refractivity contribution in [2.75, 3.05) is 27.2 Å². The molecule has 23 heavy (non-hydrogen) atoms. The van der Waals surface area contributed by atoms with Gasteiger partial charge >= 0.3 is 0 Å². The highest BCUT2D eigenvalue weighted by Gasteiger charge is 2.05. The lowest BCUT2D eigenvalue weighted by Crippen LogP contribution is -3.00. The third-order valence-corrected chi connectivity index (χ3v) is 3.16. The first-order valence-corrected chi connectivity index (χ1v) is 7.41. The Kier molecular flexibility index (Phi) is 8.16. The van der Waals surface area contributed by atoms with E-state index < -0.39 is 0 Å². The van der Waals surface area contributed by atoms with Gasteiger partial charge in [0.2, 0.25) is 0 Å². The highest BCUT2D eigenvalue weighted by molar-refractivity contribution is 5.94. The molecule has 0 aliphatic carbocycles. The molecule has 2 aromatic carbocycles. The van der Waals surface area contributed by atoms with Crippen LogP contribution in [0.1, 0.15) is 16.8 Å². The van der Waals surface area contributed by atoms with E-state index in [1.165, 1.54) is 0 Å². The van der Waals surface area contributed by atoms with Gasteiger partial charge in [-0.2, -0.15) is 0 Å². The normalized spacial score (nSPS) is 10.0. The zero-order chi connectivity index (χ0) is 15.8. The Morgan fingerprint density at radius 3 is 2.22 bits per heavy atom. The van der Waals surface area contributed by atoms with Crippen LogP contribution in [0.5, 0.6) is 11.5 Å². The summed E-state index contributed by atoms with van der Waals surface area (Å²) in [5.41, 5.74) is 0.644. The van der Waals surface area contributed by atoms with Crippen molar-refractivity contribution in [2.24, 2.45) is 0 Å². The maximum Gasteiger partial charge on any atom is 0.251 e. The maximum atomic E-state index is 12.0. The van der Waals surface area contributed by atoms with Crippen molar-refractivity contribution in [3.05, 3.63) is 60.2 Å². The summed E-state index contributed by atoms with van der Waals surface area (Å²) in [5, 5.41) is 2.92. The predicted molar refractivity (Wildman–Crippen MR) is 88.5 cm³/mol. The molecule has 1 amide bonds. The number of carbonyl (C=O) groups is 1. The molecule has 0 aromatic heterocycles. The molecule has 0 aliphatic heterocycles. The number of ether oxygens (including phenoxy) is 1. The summed E-state index contributed by atoms with van der Waals surface area (Å²) in [5.74, 6) is 1.45. The SMILES string of the molecule is CN(C)CCCNC(=O)c1ccc(Oc2ccccc2)cc1.[Cl-]. The van der Waals surface area contributed by atoms with Crippen LogP contribution in [0.15, 0.2) is 54.6 Å². The van der Waals surface area contributed by atoms with Gasteiger partial charge in [-0.3, -0.25) is 4.79 Å². The number of hydrogen-bond acceptors (Lipinski definition) is 3. The number of halogens is 1. The fourth-order valence-corrected chi connectivity index (χ4v) is 2.00. The van der Waals surface area contributed by atoms with Crippen molar-refractivity contribution in [2.45, 2.75) is 6.42 Å². The smallest absolute Gasteiger partial charge is 0.251 e. The van der Waals surface area contributed by atoms with Gasteiger partial charge in [-0.05, 0) is 63.5 Å². The number of hydrogen-bond donors (Lipinski definition) is 1. The van der Waals surface area contributed by atoms with Crippen LogP contribution in [0.25, 0.3) is 0 Å². The number of para-hydroxylation sites is 1. The summed E-state index contributed by atoms with van der Waals surface area (Å²) in [6, 6.07) is 16.7. The molecule has 0 spiro atoms. The molecule has 0 saturated carbocycles. The maximum absolute atomic E-state index is 12.0. The molecule has 0 bridgehead atoms. The lowest BCUT2D eigenvalue weighted by atomic mass is 10.2. The molecule has 0 unspecified atom stereocenters. The lowest BCUT2D eigenvalue weighted by Gasteiger charge is -2.10. The van der Waals surface area contributed by atoms with Gasteiger partial charge in [0.05, 0.1) is 0 Å². The molecule has 0 aliphatic rings. The summed E-state index contributed by atoms with van der Waals surface area (Å²) in [7, 11) is 4.04. The van der Waals surface area contributed by atoms with Gasteiger partial charge in [0.25, 0.3) is 5.91 Å². The van der Waals surface area contributed by atoms with Gasteiger partial charge in [0.1, 0.15) is 11.5 Å². The van der Waals surface area contributed by atoms with Crippen LogP contribution < -0.4 is 22.5 Å². The number of nitrogens with zero attached hydrogens (tertiary/aromatic N) is 1. The van der Waals surface area contributed by atoms with E-state index in [4.69, 9.17) is 4.74 Å². The van der Waals surface area contributed by atoms with Crippen molar-refractivity contribution in [3.8, 4) is 11.5 Å². The molecule has 2 rings (SSSR count). The number of rotatable bonds is 7. The zero-order valence-corrected chi connectivity index (χ0v) is 14.2. The second-order valence-electron chi connectivity index (χ2n) is 5.35. The monoisotopic (exact) mass is 333 g/mol. The van der Waals surface area contributed by atoms with Crippen LogP contribution in [0.4, 0.5) is 0 Å². The van der Waals surface area contributed by atoms with E-state index in [2.05, 4.69) is 10.2 Å². The van der Waals surface area contributed by atoms with E-state index in [1.807, 2.05) is 56.6 Å². The molecular formula is C18H22ClN2O2-. The zero-order valence-electron chi connectivity index (χ0n) is 13.5. The molecule has 5 heteroatoms. The van der Waals surface area contributed by atoms with Crippen molar-refractivity contribution >= 4 is 5.91 Å². The molecule has 4 nitrogen and oxygen atoms in total. The van der Waals surface area contributed by atoms with E-state index in [-0.39, 0.29) is 18.3 Å². The van der Waals surface area contributed by atoms with Crippen LogP contribution in [0.2, 0.25) is 0 Å². The van der Waals surface area contributed by atoms with Crippen molar-refractivity contribution in [1.82, 2.24) is 10.2 Å². The second-order valence-corrected chi connectivity index (χ2v) is 5.35. The molecule has 0 fully saturated rings. The lowest BCUT2D eigenvalue weighted by molar-refractivity contribution is -0.0000135. The molecule has 124 valence electrons. The van der Waals surface area contributed by atoms with Gasteiger partial charge in [-0.15, -0.1) is 0 Å². The first kappa shape index (κ1) is 19.0. The third kappa shape index (κ3) is 6.72. The van der Waals surface area contributed by atoms with Gasteiger partial charge in [-0.1, -0.05) is 18.2 Å². The summed E-state index contributed by atoms with van der Waals surface area (Å²) in [6.07, 6.45) is 0.938. The molecule has 0 saturated heterocycles. The minimum absolute atomic E-state index is 0. The summed E-state index contributed by atoms with van der Waals surface area (Å²) in [4.78, 5) is 14.1. The number of nitrogens with one attached hydrogen (secondary N) is 1. The Morgan fingerprint density at radius 1 is 1.00 bits per heavy atom. The second kappa shape index (κ2) is 9.87. The Hall–Kier alpha value is -2.04. The van der Waals surface area contributed by atoms with E-state index in [0.29, 0.717) is 12.1 Å². The predicted octanol–water partition coefficient (Wildman–Crippen LogP) is 0.164. The highest BCUT2D eigenvalue weighted by atomic mass is 35.5. The third-order valence-electron chi connectivity index (χ3n) is 3.16. The summed E-state index contributed by atoms with van der Waals surface area (Å²) in [6.45, 7) is 1.64. The van der Waals surface area contributed by atoms with Gasteiger partial charge in [0, 0.05) is 12.1 Å². The molecular weight excluding hydrogens is 312 g/mol. The van der Waals surface area contributed by atoms with Gasteiger partial charge in [0.15, 0.2) is 0 Å². The molecule has 2 aromatic rings. The largest absolute Gasteiger partial charge is 1.00 e. The average Bonchev–Trinajstić information content (AvgIpc) is 2.53. The fraction of sp³-hybridized carbons (Fsp3) is 0.278. The van der Waals surface area contributed by atoms with E-state index in [1.54, 1.807) is 12.1 Å². The number of amides is 1. The topological polar surface area (TPSA) is 41.6 Å².